The van der Waals surface area contributed by atoms with Crippen LogP contribution in [0.2, 0.25) is 0 Å². The molecule has 0 aliphatic carbocycles. The van der Waals surface area contributed by atoms with Crippen LogP contribution in [0.4, 0.5) is 0 Å². The van der Waals surface area contributed by atoms with E-state index in [9.17, 15) is 0 Å². The number of rotatable bonds is 12. The lowest BCUT2D eigenvalue weighted by molar-refractivity contribution is 0.519. The molecule has 1 aromatic heterocycles. The van der Waals surface area contributed by atoms with Crippen LogP contribution in [0.25, 0.3) is 0 Å². The van der Waals surface area contributed by atoms with Gasteiger partial charge in [0.25, 0.3) is 0 Å². The van der Waals surface area contributed by atoms with Crippen LogP contribution in [0.3, 0.4) is 0 Å². The molecular formula is C16H31N3. The van der Waals surface area contributed by atoms with E-state index < -0.39 is 0 Å². The number of hydrogen-bond acceptors (Lipinski definition) is 2. The summed E-state index contributed by atoms with van der Waals surface area (Å²) in [5.74, 6) is 0. The SMILES string of the molecule is CCCCCCCCCCn1cc(CNCC)cn1. The summed E-state index contributed by atoms with van der Waals surface area (Å²) in [6, 6.07) is 0. The van der Waals surface area contributed by atoms with E-state index >= 15 is 0 Å². The average molecular weight is 265 g/mol. The zero-order chi connectivity index (χ0) is 13.8. The Hall–Kier alpha value is -0.830. The summed E-state index contributed by atoms with van der Waals surface area (Å²) in [7, 11) is 0. The van der Waals surface area contributed by atoms with E-state index in [0.717, 1.165) is 19.6 Å². The van der Waals surface area contributed by atoms with Crippen molar-refractivity contribution in [3.8, 4) is 0 Å². The van der Waals surface area contributed by atoms with Crippen LogP contribution in [0.1, 0.15) is 70.8 Å². The second kappa shape index (κ2) is 11.0. The molecule has 0 amide bonds. The predicted molar refractivity (Wildman–Crippen MR) is 82.2 cm³/mol. The molecule has 0 aromatic carbocycles. The van der Waals surface area contributed by atoms with Crippen LogP contribution in [0.15, 0.2) is 12.4 Å². The van der Waals surface area contributed by atoms with Crippen molar-refractivity contribution in [2.45, 2.75) is 78.3 Å². The fourth-order valence-electron chi connectivity index (χ4n) is 2.30. The van der Waals surface area contributed by atoms with Crippen molar-refractivity contribution in [2.24, 2.45) is 0 Å². The standard InChI is InChI=1S/C16H31N3/c1-3-5-6-7-8-9-10-11-12-19-15-16(14-18-19)13-17-4-2/h14-15,17H,3-13H2,1-2H3. The van der Waals surface area contributed by atoms with Crippen molar-refractivity contribution in [1.29, 1.82) is 0 Å². The first kappa shape index (κ1) is 16.2. The maximum Gasteiger partial charge on any atom is 0.0534 e. The quantitative estimate of drug-likeness (QED) is 0.576. The second-order valence-electron chi connectivity index (χ2n) is 5.37. The summed E-state index contributed by atoms with van der Waals surface area (Å²) in [4.78, 5) is 0. The lowest BCUT2D eigenvalue weighted by Gasteiger charge is -2.02. The minimum Gasteiger partial charge on any atom is -0.313 e. The molecule has 19 heavy (non-hydrogen) atoms. The fourth-order valence-corrected chi connectivity index (χ4v) is 2.30. The Labute approximate surface area is 118 Å². The molecular weight excluding hydrogens is 234 g/mol. The van der Waals surface area contributed by atoms with Crippen LogP contribution in [0.5, 0.6) is 0 Å². The molecule has 0 radical (unpaired) electrons. The van der Waals surface area contributed by atoms with Gasteiger partial charge in [0.15, 0.2) is 0 Å². The zero-order valence-corrected chi connectivity index (χ0v) is 12.8. The van der Waals surface area contributed by atoms with E-state index in [0.29, 0.717) is 0 Å². The molecule has 1 heterocycles. The molecule has 110 valence electrons. The highest BCUT2D eigenvalue weighted by molar-refractivity contribution is 5.02. The number of nitrogens with one attached hydrogen (secondary N) is 1. The van der Waals surface area contributed by atoms with Crippen LogP contribution in [-0.2, 0) is 13.1 Å². The Morgan fingerprint density at radius 3 is 2.37 bits per heavy atom. The van der Waals surface area contributed by atoms with Gasteiger partial charge in [-0.2, -0.15) is 5.10 Å². The number of unbranched alkanes of at least 4 members (excludes halogenated alkanes) is 7. The maximum absolute atomic E-state index is 4.40. The topological polar surface area (TPSA) is 29.9 Å². The Morgan fingerprint density at radius 1 is 1.00 bits per heavy atom. The highest BCUT2D eigenvalue weighted by Gasteiger charge is 1.98. The molecule has 3 nitrogen and oxygen atoms in total. The average Bonchev–Trinajstić information content (AvgIpc) is 2.87. The lowest BCUT2D eigenvalue weighted by atomic mass is 10.1. The number of hydrogen-bond donors (Lipinski definition) is 1. The lowest BCUT2D eigenvalue weighted by Crippen LogP contribution is -2.11. The van der Waals surface area contributed by atoms with Crippen molar-refractivity contribution in [3.05, 3.63) is 18.0 Å². The molecule has 3 heteroatoms. The zero-order valence-electron chi connectivity index (χ0n) is 12.8. The number of aryl methyl sites for hydroxylation is 1. The van der Waals surface area contributed by atoms with Crippen LogP contribution in [-0.4, -0.2) is 16.3 Å². The van der Waals surface area contributed by atoms with E-state index in [1.807, 2.05) is 6.20 Å². The van der Waals surface area contributed by atoms with E-state index in [1.165, 1.54) is 56.9 Å². The smallest absolute Gasteiger partial charge is 0.0534 e. The van der Waals surface area contributed by atoms with Gasteiger partial charge in [0.1, 0.15) is 0 Å². The van der Waals surface area contributed by atoms with E-state index in [2.05, 4.69) is 35.1 Å². The maximum atomic E-state index is 4.40. The molecule has 0 saturated carbocycles. The van der Waals surface area contributed by atoms with E-state index in [4.69, 9.17) is 0 Å². The number of aromatic nitrogens is 2. The third-order valence-corrected chi connectivity index (χ3v) is 3.51. The molecule has 1 N–H and O–H groups in total. The minimum atomic E-state index is 0.938. The summed E-state index contributed by atoms with van der Waals surface area (Å²) in [5, 5.41) is 7.73. The van der Waals surface area contributed by atoms with Crippen molar-refractivity contribution >= 4 is 0 Å². The summed E-state index contributed by atoms with van der Waals surface area (Å²) < 4.78 is 2.09. The van der Waals surface area contributed by atoms with Crippen molar-refractivity contribution < 1.29 is 0 Å². The van der Waals surface area contributed by atoms with Crippen molar-refractivity contribution in [1.82, 2.24) is 15.1 Å². The van der Waals surface area contributed by atoms with Gasteiger partial charge in [-0.05, 0) is 13.0 Å². The van der Waals surface area contributed by atoms with Crippen LogP contribution >= 0.6 is 0 Å². The molecule has 0 unspecified atom stereocenters. The monoisotopic (exact) mass is 265 g/mol. The fraction of sp³-hybridized carbons (Fsp3) is 0.812. The molecule has 1 rings (SSSR count). The molecule has 0 aliphatic rings. The third kappa shape index (κ3) is 8.04. The molecule has 1 aromatic rings. The van der Waals surface area contributed by atoms with E-state index in [1.54, 1.807) is 0 Å². The van der Waals surface area contributed by atoms with Crippen LogP contribution < -0.4 is 5.32 Å². The predicted octanol–water partition coefficient (Wildman–Crippen LogP) is 4.13. The third-order valence-electron chi connectivity index (χ3n) is 3.51. The van der Waals surface area contributed by atoms with Gasteiger partial charge in [0.05, 0.1) is 6.20 Å². The summed E-state index contributed by atoms with van der Waals surface area (Å²) >= 11 is 0. The van der Waals surface area contributed by atoms with Gasteiger partial charge < -0.3 is 5.32 Å². The first-order valence-electron chi connectivity index (χ1n) is 8.08. The highest BCUT2D eigenvalue weighted by Crippen LogP contribution is 2.09. The Balaban J connectivity index is 1.98. The molecule has 0 aliphatic heterocycles. The molecule has 0 atom stereocenters. The normalized spacial score (nSPS) is 11.1. The van der Waals surface area contributed by atoms with Crippen molar-refractivity contribution in [2.75, 3.05) is 6.54 Å². The Kier molecular flexibility index (Phi) is 9.42. The summed E-state index contributed by atoms with van der Waals surface area (Å²) in [6.07, 6.45) is 15.1. The van der Waals surface area contributed by atoms with Gasteiger partial charge >= 0.3 is 0 Å². The van der Waals surface area contributed by atoms with Gasteiger partial charge in [-0.3, -0.25) is 4.68 Å². The second-order valence-corrected chi connectivity index (χ2v) is 5.37. The van der Waals surface area contributed by atoms with Gasteiger partial charge in [-0.15, -0.1) is 0 Å². The van der Waals surface area contributed by atoms with Gasteiger partial charge in [0.2, 0.25) is 0 Å². The highest BCUT2D eigenvalue weighted by atomic mass is 15.3. The molecule has 0 fully saturated rings. The summed E-state index contributed by atoms with van der Waals surface area (Å²) in [6.45, 7) is 7.43. The molecule has 0 saturated heterocycles. The van der Waals surface area contributed by atoms with Gasteiger partial charge in [0, 0.05) is 24.8 Å². The molecule has 0 spiro atoms. The molecule has 0 bridgehead atoms. The van der Waals surface area contributed by atoms with Gasteiger partial charge in [-0.25, -0.2) is 0 Å². The number of nitrogens with zero attached hydrogens (tertiary/aromatic N) is 2. The first-order chi connectivity index (χ1) is 9.36. The van der Waals surface area contributed by atoms with Gasteiger partial charge in [-0.1, -0.05) is 58.8 Å². The largest absolute Gasteiger partial charge is 0.313 e. The Bertz CT molecular complexity index is 307. The van der Waals surface area contributed by atoms with E-state index in [-0.39, 0.29) is 0 Å². The minimum absolute atomic E-state index is 0.938. The van der Waals surface area contributed by atoms with Crippen molar-refractivity contribution in [3.63, 3.8) is 0 Å². The van der Waals surface area contributed by atoms with Crippen LogP contribution in [0, 0.1) is 0 Å². The Morgan fingerprint density at radius 2 is 1.68 bits per heavy atom. The summed E-state index contributed by atoms with van der Waals surface area (Å²) in [5.41, 5.74) is 1.29. The first-order valence-corrected chi connectivity index (χ1v) is 8.08.